The fraction of sp³-hybridized carbons (Fsp3) is 0.667. The Labute approximate surface area is 115 Å². The van der Waals surface area contributed by atoms with Crippen LogP contribution < -0.4 is 11.5 Å². The Morgan fingerprint density at radius 1 is 0.800 bits per heavy atom. The molecule has 0 saturated carbocycles. The molecule has 0 aliphatic rings. The molecule has 0 aromatic carbocycles. The Balaban J connectivity index is -0.000000720. The molecule has 9 heteroatoms. The van der Waals surface area contributed by atoms with Crippen molar-refractivity contribution in [2.45, 2.75) is 0 Å². The molecular formula is C6H16Cl2N4S3. The van der Waals surface area contributed by atoms with E-state index in [0.29, 0.717) is 0 Å². The Bertz CT molecular complexity index is 164. The molecule has 0 amide bonds. The van der Waals surface area contributed by atoms with Crippen molar-refractivity contribution in [1.29, 1.82) is 10.8 Å². The molecule has 0 bridgehead atoms. The number of nitrogens with two attached hydrogens (primary N) is 2. The van der Waals surface area contributed by atoms with E-state index in [1.54, 1.807) is 11.8 Å². The van der Waals surface area contributed by atoms with Gasteiger partial charge >= 0.3 is 0 Å². The highest BCUT2D eigenvalue weighted by Crippen LogP contribution is 2.09. The molecule has 0 atom stereocenters. The van der Waals surface area contributed by atoms with E-state index >= 15 is 0 Å². The molecular weight excluding hydrogens is 295 g/mol. The number of halogens is 2. The number of hydrogen-bond donors (Lipinski definition) is 4. The van der Waals surface area contributed by atoms with E-state index in [0.717, 1.165) is 23.0 Å². The van der Waals surface area contributed by atoms with Gasteiger partial charge in [0.1, 0.15) is 0 Å². The molecule has 0 fully saturated rings. The molecule has 0 aromatic rings. The Kier molecular flexibility index (Phi) is 20.3. The predicted molar refractivity (Wildman–Crippen MR) is 80.6 cm³/mol. The molecule has 92 valence electrons. The minimum atomic E-state index is 0. The van der Waals surface area contributed by atoms with Crippen molar-refractivity contribution in [1.82, 2.24) is 0 Å². The van der Waals surface area contributed by atoms with Crippen LogP contribution in [-0.4, -0.2) is 33.3 Å². The zero-order valence-corrected chi connectivity index (χ0v) is 12.1. The summed E-state index contributed by atoms with van der Waals surface area (Å²) in [5, 5.41) is 14.3. The van der Waals surface area contributed by atoms with Gasteiger partial charge in [-0.1, -0.05) is 23.5 Å². The third kappa shape index (κ3) is 20.6. The maximum atomic E-state index is 6.95. The van der Waals surface area contributed by atoms with Gasteiger partial charge in [-0.15, -0.1) is 24.8 Å². The summed E-state index contributed by atoms with van der Waals surface area (Å²) in [5.74, 6) is 3.74. The summed E-state index contributed by atoms with van der Waals surface area (Å²) in [6.45, 7) is 0. The third-order valence-electron chi connectivity index (χ3n) is 0.970. The summed E-state index contributed by atoms with van der Waals surface area (Å²) in [6.07, 6.45) is 0. The van der Waals surface area contributed by atoms with E-state index in [4.69, 9.17) is 22.3 Å². The van der Waals surface area contributed by atoms with Crippen LogP contribution in [0, 0.1) is 10.8 Å². The molecule has 0 radical (unpaired) electrons. The van der Waals surface area contributed by atoms with E-state index in [2.05, 4.69) is 0 Å². The van der Waals surface area contributed by atoms with E-state index in [1.807, 2.05) is 0 Å². The Morgan fingerprint density at radius 2 is 1.13 bits per heavy atom. The van der Waals surface area contributed by atoms with Crippen LogP contribution in [0.2, 0.25) is 0 Å². The van der Waals surface area contributed by atoms with Gasteiger partial charge in [0.05, 0.1) is 0 Å². The lowest BCUT2D eigenvalue weighted by Crippen LogP contribution is -2.06. The van der Waals surface area contributed by atoms with Crippen LogP contribution in [0.15, 0.2) is 0 Å². The maximum Gasteiger partial charge on any atom is 0.151 e. The van der Waals surface area contributed by atoms with Crippen molar-refractivity contribution in [2.75, 3.05) is 23.0 Å². The average molecular weight is 311 g/mol. The second kappa shape index (κ2) is 14.6. The molecule has 0 rings (SSSR count). The van der Waals surface area contributed by atoms with E-state index < -0.39 is 0 Å². The van der Waals surface area contributed by atoms with Crippen LogP contribution in [0.4, 0.5) is 0 Å². The summed E-state index contributed by atoms with van der Waals surface area (Å²) >= 11 is 4.52. The van der Waals surface area contributed by atoms with Crippen LogP contribution in [0.1, 0.15) is 0 Å². The van der Waals surface area contributed by atoms with Gasteiger partial charge in [-0.2, -0.15) is 11.8 Å². The van der Waals surface area contributed by atoms with Gasteiger partial charge in [-0.3, -0.25) is 10.8 Å². The molecule has 15 heavy (non-hydrogen) atoms. The first-order valence-electron chi connectivity index (χ1n) is 3.64. The zero-order chi connectivity index (χ0) is 10.1. The third-order valence-corrected chi connectivity index (χ3v) is 3.91. The van der Waals surface area contributed by atoms with Gasteiger partial charge in [0.25, 0.3) is 0 Å². The van der Waals surface area contributed by atoms with Gasteiger partial charge in [0.2, 0.25) is 0 Å². The van der Waals surface area contributed by atoms with E-state index in [-0.39, 0.29) is 35.1 Å². The van der Waals surface area contributed by atoms with Gasteiger partial charge in [-0.05, 0) is 0 Å². The number of thioether (sulfide) groups is 3. The van der Waals surface area contributed by atoms with Gasteiger partial charge in [-0.25, -0.2) is 0 Å². The highest BCUT2D eigenvalue weighted by molar-refractivity contribution is 8.15. The van der Waals surface area contributed by atoms with Crippen molar-refractivity contribution in [2.24, 2.45) is 11.5 Å². The lowest BCUT2D eigenvalue weighted by molar-refractivity contribution is 1.47. The highest BCUT2D eigenvalue weighted by atomic mass is 35.5. The Morgan fingerprint density at radius 3 is 1.40 bits per heavy atom. The monoisotopic (exact) mass is 310 g/mol. The smallest absolute Gasteiger partial charge is 0.151 e. The molecule has 0 unspecified atom stereocenters. The zero-order valence-electron chi connectivity index (χ0n) is 8.02. The summed E-state index contributed by atoms with van der Waals surface area (Å²) in [4.78, 5) is 0. The Hall–Kier alpha value is 0.570. The molecule has 0 saturated heterocycles. The molecule has 0 aliphatic heterocycles. The standard InChI is InChI=1S/C6H14N4S3.2ClH/c7-5(8)12-3-1-11-2-4-13-6(9)10;;/h1-4H2,(H3,7,8)(H3,9,10);2*1H. The van der Waals surface area contributed by atoms with Gasteiger partial charge in [0.15, 0.2) is 10.3 Å². The van der Waals surface area contributed by atoms with Crippen molar-refractivity contribution >= 4 is 70.4 Å². The van der Waals surface area contributed by atoms with Gasteiger partial charge in [0, 0.05) is 23.0 Å². The fourth-order valence-electron chi connectivity index (χ4n) is 0.523. The number of amidine groups is 2. The first-order valence-corrected chi connectivity index (χ1v) is 6.77. The molecule has 0 aromatic heterocycles. The number of rotatable bonds is 6. The summed E-state index contributed by atoms with van der Waals surface area (Å²) < 4.78 is 0. The van der Waals surface area contributed by atoms with Crippen molar-refractivity contribution in [3.63, 3.8) is 0 Å². The quantitative estimate of drug-likeness (QED) is 0.341. The predicted octanol–water partition coefficient (Wildman–Crippen LogP) is 1.82. The van der Waals surface area contributed by atoms with E-state index in [9.17, 15) is 0 Å². The highest BCUT2D eigenvalue weighted by Gasteiger charge is 1.94. The SMILES string of the molecule is Cl.Cl.N=C(N)SCCSCCSC(=N)N. The van der Waals surface area contributed by atoms with Gasteiger partial charge < -0.3 is 11.5 Å². The first kappa shape index (κ1) is 20.9. The lowest BCUT2D eigenvalue weighted by atomic mass is 10.9. The van der Waals surface area contributed by atoms with Crippen LogP contribution in [0.3, 0.4) is 0 Å². The minimum absolute atomic E-state index is 0. The van der Waals surface area contributed by atoms with E-state index in [1.165, 1.54) is 23.5 Å². The van der Waals surface area contributed by atoms with Crippen molar-refractivity contribution < 1.29 is 0 Å². The average Bonchev–Trinajstić information content (AvgIpc) is 2.01. The summed E-state index contributed by atoms with van der Waals surface area (Å²) in [7, 11) is 0. The second-order valence-corrected chi connectivity index (χ2v) is 5.54. The molecule has 0 heterocycles. The normalized spacial score (nSPS) is 8.53. The molecule has 6 N–H and O–H groups in total. The summed E-state index contributed by atoms with van der Waals surface area (Å²) in [5.41, 5.74) is 10.3. The van der Waals surface area contributed by atoms with Crippen LogP contribution in [-0.2, 0) is 0 Å². The molecule has 0 aliphatic carbocycles. The van der Waals surface area contributed by atoms with Crippen LogP contribution in [0.25, 0.3) is 0 Å². The second-order valence-electron chi connectivity index (χ2n) is 2.04. The van der Waals surface area contributed by atoms with Crippen LogP contribution >= 0.6 is 60.1 Å². The molecule has 0 spiro atoms. The van der Waals surface area contributed by atoms with Crippen LogP contribution in [0.5, 0.6) is 0 Å². The first-order chi connectivity index (χ1) is 6.13. The molecule has 4 nitrogen and oxygen atoms in total. The lowest BCUT2D eigenvalue weighted by Gasteiger charge is -2.00. The number of nitrogens with one attached hydrogen (secondary N) is 2. The minimum Gasteiger partial charge on any atom is -0.379 e. The number of hydrogen-bond acceptors (Lipinski definition) is 5. The van der Waals surface area contributed by atoms with Crippen molar-refractivity contribution in [3.05, 3.63) is 0 Å². The topological polar surface area (TPSA) is 99.7 Å². The van der Waals surface area contributed by atoms with Crippen molar-refractivity contribution in [3.8, 4) is 0 Å². The summed E-state index contributed by atoms with van der Waals surface area (Å²) in [6, 6.07) is 0. The maximum absolute atomic E-state index is 6.95. The fourth-order valence-corrected chi connectivity index (χ4v) is 2.78. The largest absolute Gasteiger partial charge is 0.379 e.